The number of hydrogen-bond acceptors (Lipinski definition) is 3. The van der Waals surface area contributed by atoms with Crippen LogP contribution in [0.25, 0.3) is 11.4 Å². The molecule has 0 saturated heterocycles. The molecule has 5 nitrogen and oxygen atoms in total. The molecule has 1 aromatic heterocycles. The number of nitrogens with one attached hydrogen (secondary N) is 2. The van der Waals surface area contributed by atoms with E-state index in [9.17, 15) is 4.79 Å². The molecule has 0 atom stereocenters. The van der Waals surface area contributed by atoms with Gasteiger partial charge in [0.2, 0.25) is 0 Å². The van der Waals surface area contributed by atoms with Gasteiger partial charge in [-0.3, -0.25) is 4.79 Å². The lowest BCUT2D eigenvalue weighted by Crippen LogP contribution is -2.24. The van der Waals surface area contributed by atoms with Gasteiger partial charge < -0.3 is 15.0 Å². The maximum Gasteiger partial charge on any atom is 0.251 e. The molecule has 0 aliphatic heterocycles. The number of aromatic amines is 1. The predicted molar refractivity (Wildman–Crippen MR) is 92.3 cm³/mol. The van der Waals surface area contributed by atoms with E-state index in [2.05, 4.69) is 15.3 Å². The Labute approximate surface area is 140 Å². The fourth-order valence-corrected chi connectivity index (χ4v) is 2.55. The average molecular weight is 321 g/mol. The zero-order valence-electron chi connectivity index (χ0n) is 13.5. The van der Waals surface area contributed by atoms with Gasteiger partial charge in [0.25, 0.3) is 5.91 Å². The van der Waals surface area contributed by atoms with E-state index >= 15 is 0 Å². The van der Waals surface area contributed by atoms with Crippen LogP contribution in [0.3, 0.4) is 0 Å². The van der Waals surface area contributed by atoms with Crippen LogP contribution in [0.15, 0.2) is 60.9 Å². The Bertz CT molecular complexity index is 813. The Balaban J connectivity index is 1.70. The lowest BCUT2D eigenvalue weighted by atomic mass is 10.1. The molecule has 1 amide bonds. The summed E-state index contributed by atoms with van der Waals surface area (Å²) in [6.07, 6.45) is 3.51. The van der Waals surface area contributed by atoms with E-state index in [1.54, 1.807) is 19.5 Å². The van der Waals surface area contributed by atoms with Gasteiger partial charge in [0.15, 0.2) is 0 Å². The second-order valence-electron chi connectivity index (χ2n) is 5.41. The summed E-state index contributed by atoms with van der Waals surface area (Å²) in [5.74, 6) is 0.708. The van der Waals surface area contributed by atoms with Crippen molar-refractivity contribution in [1.82, 2.24) is 15.3 Å². The predicted octanol–water partition coefficient (Wildman–Crippen LogP) is 3.15. The van der Waals surface area contributed by atoms with E-state index in [4.69, 9.17) is 4.74 Å². The van der Waals surface area contributed by atoms with Gasteiger partial charge in [0.05, 0.1) is 6.61 Å². The third kappa shape index (κ3) is 3.70. The van der Waals surface area contributed by atoms with E-state index in [1.165, 1.54) is 0 Å². The van der Waals surface area contributed by atoms with E-state index in [0.29, 0.717) is 18.7 Å². The molecule has 0 bridgehead atoms. The minimum Gasteiger partial charge on any atom is -0.380 e. The Morgan fingerprint density at radius 3 is 2.88 bits per heavy atom. The highest BCUT2D eigenvalue weighted by Gasteiger charge is 2.10. The maximum absolute atomic E-state index is 12.4. The number of carbonyl (C=O) groups is 1. The van der Waals surface area contributed by atoms with Crippen molar-refractivity contribution in [3.63, 3.8) is 0 Å². The van der Waals surface area contributed by atoms with E-state index in [1.807, 2.05) is 48.5 Å². The van der Waals surface area contributed by atoms with Crippen molar-refractivity contribution in [2.24, 2.45) is 0 Å². The molecule has 24 heavy (non-hydrogen) atoms. The van der Waals surface area contributed by atoms with Crippen LogP contribution in [0, 0.1) is 0 Å². The third-order valence-electron chi connectivity index (χ3n) is 3.71. The van der Waals surface area contributed by atoms with Gasteiger partial charge in [-0.1, -0.05) is 36.4 Å². The minimum atomic E-state index is -0.106. The van der Waals surface area contributed by atoms with E-state index < -0.39 is 0 Å². The van der Waals surface area contributed by atoms with Gasteiger partial charge in [-0.25, -0.2) is 4.98 Å². The number of amides is 1. The number of carbonyl (C=O) groups excluding carboxylic acids is 1. The first kappa shape index (κ1) is 16.0. The molecular formula is C19H19N3O2. The summed E-state index contributed by atoms with van der Waals surface area (Å²) in [5.41, 5.74) is 3.52. The summed E-state index contributed by atoms with van der Waals surface area (Å²) < 4.78 is 5.15. The summed E-state index contributed by atoms with van der Waals surface area (Å²) in [6, 6.07) is 15.4. The van der Waals surface area contributed by atoms with Crippen LogP contribution in [0.4, 0.5) is 0 Å². The number of aromatic nitrogens is 2. The van der Waals surface area contributed by atoms with Crippen LogP contribution < -0.4 is 5.32 Å². The normalized spacial score (nSPS) is 10.5. The Kier molecular flexibility index (Phi) is 5.03. The molecule has 2 N–H and O–H groups in total. The lowest BCUT2D eigenvalue weighted by molar-refractivity contribution is 0.0946. The first-order valence-electron chi connectivity index (χ1n) is 7.71. The van der Waals surface area contributed by atoms with Gasteiger partial charge >= 0.3 is 0 Å². The number of H-pyrrole nitrogens is 1. The van der Waals surface area contributed by atoms with Gasteiger partial charge in [-0.2, -0.15) is 0 Å². The van der Waals surface area contributed by atoms with Crippen molar-refractivity contribution < 1.29 is 9.53 Å². The molecule has 3 rings (SSSR count). The summed E-state index contributed by atoms with van der Waals surface area (Å²) in [7, 11) is 1.62. The van der Waals surface area contributed by atoms with Crippen LogP contribution in [0.1, 0.15) is 21.5 Å². The molecular weight excluding hydrogens is 302 g/mol. The summed E-state index contributed by atoms with van der Waals surface area (Å²) in [6.45, 7) is 0.867. The molecule has 0 spiro atoms. The van der Waals surface area contributed by atoms with Crippen molar-refractivity contribution in [2.75, 3.05) is 7.11 Å². The average Bonchev–Trinajstić information content (AvgIpc) is 3.15. The summed E-state index contributed by atoms with van der Waals surface area (Å²) >= 11 is 0. The lowest BCUT2D eigenvalue weighted by Gasteiger charge is -2.10. The number of methoxy groups -OCH3 is 1. The van der Waals surface area contributed by atoms with E-state index in [-0.39, 0.29) is 5.91 Å². The molecule has 3 aromatic rings. The number of rotatable bonds is 6. The fraction of sp³-hybridized carbons (Fsp3) is 0.158. The molecule has 1 heterocycles. The van der Waals surface area contributed by atoms with Crippen LogP contribution in [-0.2, 0) is 17.9 Å². The van der Waals surface area contributed by atoms with Gasteiger partial charge in [-0.15, -0.1) is 0 Å². The minimum absolute atomic E-state index is 0.106. The van der Waals surface area contributed by atoms with Gasteiger partial charge in [0, 0.05) is 37.2 Å². The smallest absolute Gasteiger partial charge is 0.251 e. The quantitative estimate of drug-likeness (QED) is 0.733. The maximum atomic E-state index is 12.4. The fourth-order valence-electron chi connectivity index (χ4n) is 2.55. The molecule has 0 unspecified atom stereocenters. The largest absolute Gasteiger partial charge is 0.380 e. The van der Waals surface area contributed by atoms with E-state index in [0.717, 1.165) is 22.5 Å². The Morgan fingerprint density at radius 1 is 1.21 bits per heavy atom. The highest BCUT2D eigenvalue weighted by atomic mass is 16.5. The van der Waals surface area contributed by atoms with Crippen molar-refractivity contribution in [1.29, 1.82) is 0 Å². The highest BCUT2D eigenvalue weighted by Crippen LogP contribution is 2.16. The van der Waals surface area contributed by atoms with Crippen molar-refractivity contribution in [3.05, 3.63) is 77.6 Å². The summed E-state index contributed by atoms with van der Waals surface area (Å²) in [4.78, 5) is 19.8. The third-order valence-corrected chi connectivity index (χ3v) is 3.71. The van der Waals surface area contributed by atoms with Crippen LogP contribution in [-0.4, -0.2) is 23.0 Å². The number of ether oxygens (including phenoxy) is 1. The molecule has 0 aliphatic rings. The first-order chi connectivity index (χ1) is 11.8. The highest BCUT2D eigenvalue weighted by molar-refractivity contribution is 5.95. The zero-order chi connectivity index (χ0) is 16.8. The standard InChI is InChI=1S/C19H19N3O2/c1-24-13-16-6-2-3-8-17(16)19(23)22-12-14-5-4-7-15(11-14)18-20-9-10-21-18/h2-11H,12-13H2,1H3,(H,20,21)(H,22,23). The van der Waals surface area contributed by atoms with Crippen molar-refractivity contribution >= 4 is 5.91 Å². The second kappa shape index (κ2) is 7.57. The monoisotopic (exact) mass is 321 g/mol. The SMILES string of the molecule is COCc1ccccc1C(=O)NCc1cccc(-c2ncc[nH]2)c1. The number of imidazole rings is 1. The first-order valence-corrected chi connectivity index (χ1v) is 7.71. The zero-order valence-corrected chi connectivity index (χ0v) is 13.5. The van der Waals surface area contributed by atoms with Gasteiger partial charge in [-0.05, 0) is 23.3 Å². The molecule has 0 saturated carbocycles. The number of nitrogens with zero attached hydrogens (tertiary/aromatic N) is 1. The Morgan fingerprint density at radius 2 is 2.08 bits per heavy atom. The number of benzene rings is 2. The van der Waals surface area contributed by atoms with Crippen molar-refractivity contribution in [2.45, 2.75) is 13.2 Å². The van der Waals surface area contributed by atoms with Gasteiger partial charge in [0.1, 0.15) is 5.82 Å². The van der Waals surface area contributed by atoms with Crippen molar-refractivity contribution in [3.8, 4) is 11.4 Å². The summed E-state index contributed by atoms with van der Waals surface area (Å²) in [5, 5.41) is 2.96. The molecule has 5 heteroatoms. The molecule has 0 fully saturated rings. The second-order valence-corrected chi connectivity index (χ2v) is 5.41. The Hall–Kier alpha value is -2.92. The molecule has 0 radical (unpaired) electrons. The topological polar surface area (TPSA) is 67.0 Å². The number of hydrogen-bond donors (Lipinski definition) is 2. The molecule has 2 aromatic carbocycles. The van der Waals surface area contributed by atoms with Crippen LogP contribution >= 0.6 is 0 Å². The molecule has 0 aliphatic carbocycles. The van der Waals surface area contributed by atoms with Crippen LogP contribution in [0.2, 0.25) is 0 Å². The molecule has 122 valence electrons. The van der Waals surface area contributed by atoms with Crippen LogP contribution in [0.5, 0.6) is 0 Å².